The fourth-order valence-corrected chi connectivity index (χ4v) is 3.20. The molecule has 1 N–H and O–H groups in total. The average molecular weight is 226 g/mol. The van der Waals surface area contributed by atoms with E-state index in [-0.39, 0.29) is 0 Å². The highest BCUT2D eigenvalue weighted by molar-refractivity contribution is 4.96. The highest BCUT2D eigenvalue weighted by Gasteiger charge is 2.36. The second-order valence-corrected chi connectivity index (χ2v) is 5.55. The molecule has 1 aliphatic heterocycles. The molecule has 2 fully saturated rings. The zero-order valence-electron chi connectivity index (χ0n) is 10.8. The molecule has 3 nitrogen and oxygen atoms in total. The predicted molar refractivity (Wildman–Crippen MR) is 66.7 cm³/mol. The van der Waals surface area contributed by atoms with Gasteiger partial charge in [0, 0.05) is 38.8 Å². The van der Waals surface area contributed by atoms with E-state index in [2.05, 4.69) is 17.1 Å². The van der Waals surface area contributed by atoms with Gasteiger partial charge in [-0.2, -0.15) is 0 Å². The van der Waals surface area contributed by atoms with E-state index in [9.17, 15) is 0 Å². The highest BCUT2D eigenvalue weighted by Crippen LogP contribution is 2.30. The molecule has 1 unspecified atom stereocenters. The van der Waals surface area contributed by atoms with Crippen LogP contribution < -0.4 is 5.32 Å². The normalized spacial score (nSPS) is 28.1. The maximum absolute atomic E-state index is 5.37. The number of hydrogen-bond acceptors (Lipinski definition) is 3. The Kier molecular flexibility index (Phi) is 4.22. The Labute approximate surface area is 99.5 Å². The van der Waals surface area contributed by atoms with Crippen molar-refractivity contribution in [2.24, 2.45) is 0 Å². The second-order valence-electron chi connectivity index (χ2n) is 5.55. The molecule has 1 saturated heterocycles. The Hall–Kier alpha value is -0.120. The van der Waals surface area contributed by atoms with E-state index in [1.165, 1.54) is 45.2 Å². The molecule has 16 heavy (non-hydrogen) atoms. The summed E-state index contributed by atoms with van der Waals surface area (Å²) in [6, 6.07) is 0. The third kappa shape index (κ3) is 2.96. The van der Waals surface area contributed by atoms with Gasteiger partial charge in [0.2, 0.25) is 0 Å². The summed E-state index contributed by atoms with van der Waals surface area (Å²) in [7, 11) is 1.81. The molecule has 0 aromatic heterocycles. The number of nitrogens with zero attached hydrogens (tertiary/aromatic N) is 1. The molecule has 3 heteroatoms. The Morgan fingerprint density at radius 2 is 2.06 bits per heavy atom. The summed E-state index contributed by atoms with van der Waals surface area (Å²) in [4.78, 5) is 2.58. The van der Waals surface area contributed by atoms with Crippen molar-refractivity contribution in [1.29, 1.82) is 0 Å². The van der Waals surface area contributed by atoms with Crippen LogP contribution in [-0.2, 0) is 4.74 Å². The fraction of sp³-hybridized carbons (Fsp3) is 1.00. The molecule has 0 aromatic rings. The van der Waals surface area contributed by atoms with Crippen LogP contribution in [0.3, 0.4) is 0 Å². The topological polar surface area (TPSA) is 24.5 Å². The molecule has 2 rings (SSSR count). The van der Waals surface area contributed by atoms with Gasteiger partial charge in [0.25, 0.3) is 0 Å². The standard InChI is InChI=1S/C13H26N2O/c1-12(16-2)10-15-9-8-14-13(11-15)6-4-3-5-7-13/h12,14H,3-11H2,1-2H3. The summed E-state index contributed by atoms with van der Waals surface area (Å²) in [6.07, 6.45) is 7.33. The molecule has 1 atom stereocenters. The number of rotatable bonds is 3. The van der Waals surface area contributed by atoms with Gasteiger partial charge in [-0.05, 0) is 19.8 Å². The largest absolute Gasteiger partial charge is 0.380 e. The zero-order chi connectivity index (χ0) is 11.4. The quantitative estimate of drug-likeness (QED) is 0.791. The minimum absolute atomic E-state index is 0.360. The van der Waals surface area contributed by atoms with E-state index in [1.807, 2.05) is 7.11 Å². The van der Waals surface area contributed by atoms with Crippen LogP contribution in [0, 0.1) is 0 Å². The molecule has 1 saturated carbocycles. The molecule has 0 bridgehead atoms. The van der Waals surface area contributed by atoms with E-state index in [0.29, 0.717) is 11.6 Å². The predicted octanol–water partition coefficient (Wildman–Crippen LogP) is 1.63. The van der Waals surface area contributed by atoms with Crippen molar-refractivity contribution in [3.05, 3.63) is 0 Å². The molecule has 1 aliphatic carbocycles. The summed E-state index contributed by atoms with van der Waals surface area (Å²) in [5.41, 5.74) is 0.434. The van der Waals surface area contributed by atoms with Gasteiger partial charge in [-0.3, -0.25) is 4.90 Å². The first kappa shape index (κ1) is 12.3. The third-order valence-corrected chi connectivity index (χ3v) is 4.18. The van der Waals surface area contributed by atoms with Crippen LogP contribution >= 0.6 is 0 Å². The smallest absolute Gasteiger partial charge is 0.0670 e. The second kappa shape index (κ2) is 5.48. The highest BCUT2D eigenvalue weighted by atomic mass is 16.5. The Balaban J connectivity index is 1.87. The lowest BCUT2D eigenvalue weighted by Gasteiger charge is -2.46. The van der Waals surface area contributed by atoms with Crippen LogP contribution in [0.4, 0.5) is 0 Å². The van der Waals surface area contributed by atoms with E-state index >= 15 is 0 Å². The van der Waals surface area contributed by atoms with Gasteiger partial charge in [-0.25, -0.2) is 0 Å². The van der Waals surface area contributed by atoms with Gasteiger partial charge in [0.05, 0.1) is 6.10 Å². The molecule has 1 heterocycles. The van der Waals surface area contributed by atoms with Gasteiger partial charge in [-0.1, -0.05) is 19.3 Å². The molecular weight excluding hydrogens is 200 g/mol. The van der Waals surface area contributed by atoms with Gasteiger partial charge in [0.15, 0.2) is 0 Å². The fourth-order valence-electron chi connectivity index (χ4n) is 3.20. The van der Waals surface area contributed by atoms with Crippen LogP contribution in [0.5, 0.6) is 0 Å². The maximum atomic E-state index is 5.37. The Morgan fingerprint density at radius 1 is 1.31 bits per heavy atom. The number of methoxy groups -OCH3 is 1. The van der Waals surface area contributed by atoms with Crippen LogP contribution in [0.2, 0.25) is 0 Å². The summed E-state index contributed by atoms with van der Waals surface area (Å²) in [5, 5.41) is 3.77. The lowest BCUT2D eigenvalue weighted by molar-refractivity contribution is 0.0393. The first-order chi connectivity index (χ1) is 7.74. The number of nitrogens with one attached hydrogen (secondary N) is 1. The van der Waals surface area contributed by atoms with Crippen molar-refractivity contribution >= 4 is 0 Å². The minimum atomic E-state index is 0.360. The van der Waals surface area contributed by atoms with Gasteiger partial charge in [-0.15, -0.1) is 0 Å². The van der Waals surface area contributed by atoms with Crippen LogP contribution in [0.1, 0.15) is 39.0 Å². The van der Waals surface area contributed by atoms with Crippen molar-refractivity contribution in [1.82, 2.24) is 10.2 Å². The van der Waals surface area contributed by atoms with E-state index in [1.54, 1.807) is 0 Å². The van der Waals surface area contributed by atoms with Gasteiger partial charge in [0.1, 0.15) is 0 Å². The summed E-state index contributed by atoms with van der Waals surface area (Å²) < 4.78 is 5.37. The van der Waals surface area contributed by atoms with Crippen LogP contribution in [0.25, 0.3) is 0 Å². The molecule has 94 valence electrons. The Morgan fingerprint density at radius 3 is 2.75 bits per heavy atom. The van der Waals surface area contributed by atoms with Crippen molar-refractivity contribution < 1.29 is 4.74 Å². The molecule has 0 amide bonds. The maximum Gasteiger partial charge on any atom is 0.0670 e. The number of hydrogen-bond donors (Lipinski definition) is 1. The minimum Gasteiger partial charge on any atom is -0.380 e. The SMILES string of the molecule is COC(C)CN1CCNC2(CCCCC2)C1. The first-order valence-corrected chi connectivity index (χ1v) is 6.74. The van der Waals surface area contributed by atoms with E-state index in [0.717, 1.165) is 13.1 Å². The summed E-state index contributed by atoms with van der Waals surface area (Å²) in [5.74, 6) is 0. The molecule has 1 spiro atoms. The molecule has 2 aliphatic rings. The summed E-state index contributed by atoms with van der Waals surface area (Å²) >= 11 is 0. The molecule has 0 aromatic carbocycles. The van der Waals surface area contributed by atoms with Crippen molar-refractivity contribution in [3.63, 3.8) is 0 Å². The Bertz CT molecular complexity index is 208. The first-order valence-electron chi connectivity index (χ1n) is 6.74. The third-order valence-electron chi connectivity index (χ3n) is 4.18. The lowest BCUT2D eigenvalue weighted by Crippen LogP contribution is -2.61. The average Bonchev–Trinajstić information content (AvgIpc) is 2.30. The monoisotopic (exact) mass is 226 g/mol. The van der Waals surface area contributed by atoms with E-state index < -0.39 is 0 Å². The van der Waals surface area contributed by atoms with Gasteiger partial charge >= 0.3 is 0 Å². The van der Waals surface area contributed by atoms with E-state index in [4.69, 9.17) is 4.74 Å². The summed E-state index contributed by atoms with van der Waals surface area (Å²) in [6.45, 7) is 6.79. The number of ether oxygens (including phenoxy) is 1. The van der Waals surface area contributed by atoms with Crippen LogP contribution in [0.15, 0.2) is 0 Å². The number of piperazine rings is 1. The van der Waals surface area contributed by atoms with Crippen molar-refractivity contribution in [2.75, 3.05) is 33.3 Å². The van der Waals surface area contributed by atoms with Gasteiger partial charge < -0.3 is 10.1 Å². The van der Waals surface area contributed by atoms with Crippen molar-refractivity contribution in [3.8, 4) is 0 Å². The molecular formula is C13H26N2O. The van der Waals surface area contributed by atoms with Crippen LogP contribution in [-0.4, -0.2) is 49.8 Å². The zero-order valence-corrected chi connectivity index (χ0v) is 10.8. The molecule has 0 radical (unpaired) electrons. The lowest BCUT2D eigenvalue weighted by atomic mass is 9.80. The van der Waals surface area contributed by atoms with Crippen molar-refractivity contribution in [2.45, 2.75) is 50.7 Å².